The van der Waals surface area contributed by atoms with Crippen LogP contribution in [0.1, 0.15) is 31.2 Å². The van der Waals surface area contributed by atoms with Gasteiger partial charge in [-0.1, -0.05) is 6.07 Å². The van der Waals surface area contributed by atoms with E-state index in [4.69, 9.17) is 4.74 Å². The highest BCUT2D eigenvalue weighted by molar-refractivity contribution is 5.87. The van der Waals surface area contributed by atoms with Crippen molar-refractivity contribution >= 4 is 10.9 Å². The average Bonchev–Trinajstić information content (AvgIpc) is 3.39. The monoisotopic (exact) mass is 354 g/mol. The molecule has 1 aromatic carbocycles. The predicted octanol–water partition coefficient (Wildman–Crippen LogP) is 4.40. The summed E-state index contributed by atoms with van der Waals surface area (Å²) in [6.07, 6.45) is -0.637. The number of alkyl halides is 3. The predicted molar refractivity (Wildman–Crippen MR) is 84.9 cm³/mol. The van der Waals surface area contributed by atoms with Crippen LogP contribution in [0.4, 0.5) is 17.6 Å². The fourth-order valence-electron chi connectivity index (χ4n) is 3.49. The molecule has 1 aliphatic carbocycles. The Morgan fingerprint density at radius 3 is 2.44 bits per heavy atom. The van der Waals surface area contributed by atoms with Gasteiger partial charge in [0.05, 0.1) is 11.1 Å². The number of aromatic nitrogens is 1. The van der Waals surface area contributed by atoms with Crippen LogP contribution in [0, 0.1) is 5.95 Å². The van der Waals surface area contributed by atoms with Crippen molar-refractivity contribution in [3.63, 3.8) is 0 Å². The molecule has 1 aromatic heterocycles. The normalized spacial score (nSPS) is 20.2. The van der Waals surface area contributed by atoms with Crippen LogP contribution in [-0.2, 0) is 6.18 Å². The summed E-state index contributed by atoms with van der Waals surface area (Å²) < 4.78 is 59.2. The minimum atomic E-state index is -4.59. The van der Waals surface area contributed by atoms with Crippen molar-refractivity contribution < 1.29 is 22.3 Å². The average molecular weight is 354 g/mol. The van der Waals surface area contributed by atoms with Crippen molar-refractivity contribution in [1.29, 1.82) is 0 Å². The maximum absolute atomic E-state index is 13.8. The van der Waals surface area contributed by atoms with E-state index in [-0.39, 0.29) is 17.2 Å². The van der Waals surface area contributed by atoms with Crippen LogP contribution in [0.25, 0.3) is 10.9 Å². The molecular weight excluding hydrogens is 336 g/mol. The van der Waals surface area contributed by atoms with Gasteiger partial charge in [-0.05, 0) is 37.8 Å². The first kappa shape index (κ1) is 16.6. The number of fused-ring (bicyclic) bond motifs is 1. The van der Waals surface area contributed by atoms with Gasteiger partial charge in [-0.15, -0.1) is 0 Å². The van der Waals surface area contributed by atoms with Gasteiger partial charge in [0.1, 0.15) is 11.9 Å². The smallest absolute Gasteiger partial charge is 0.418 e. The van der Waals surface area contributed by atoms with E-state index in [9.17, 15) is 17.6 Å². The first-order valence-corrected chi connectivity index (χ1v) is 8.49. The maximum Gasteiger partial charge on any atom is 0.418 e. The summed E-state index contributed by atoms with van der Waals surface area (Å²) in [6, 6.07) is 5.47. The van der Waals surface area contributed by atoms with Gasteiger partial charge in [-0.2, -0.15) is 17.6 Å². The van der Waals surface area contributed by atoms with Crippen LogP contribution in [0.5, 0.6) is 5.75 Å². The molecule has 0 amide bonds. The number of rotatable bonds is 3. The number of halogens is 4. The van der Waals surface area contributed by atoms with Crippen molar-refractivity contribution in [3.05, 3.63) is 35.8 Å². The summed E-state index contributed by atoms with van der Waals surface area (Å²) >= 11 is 0. The van der Waals surface area contributed by atoms with Crippen LogP contribution in [0.3, 0.4) is 0 Å². The second-order valence-electron chi connectivity index (χ2n) is 6.73. The van der Waals surface area contributed by atoms with E-state index in [1.165, 1.54) is 25.0 Å². The lowest BCUT2D eigenvalue weighted by Gasteiger charge is -2.32. The van der Waals surface area contributed by atoms with E-state index < -0.39 is 23.2 Å². The Labute approximate surface area is 142 Å². The zero-order valence-electron chi connectivity index (χ0n) is 13.5. The third-order valence-corrected chi connectivity index (χ3v) is 4.91. The minimum absolute atomic E-state index is 0.116. The standard InChI is InChI=1S/C18H18F4N2O/c19-16-10-15(25-12-6-8-24(9-7-12)11-4-5-11)13-2-1-3-14(17(13)23-16)18(20,21)22/h1-3,10-12H,4-9H2. The number of benzene rings is 1. The summed E-state index contributed by atoms with van der Waals surface area (Å²) in [5.41, 5.74) is -1.35. The van der Waals surface area contributed by atoms with Crippen LogP contribution >= 0.6 is 0 Å². The second-order valence-corrected chi connectivity index (χ2v) is 6.73. The molecule has 4 rings (SSSR count). The lowest BCUT2D eigenvalue weighted by molar-refractivity contribution is -0.136. The SMILES string of the molecule is Fc1cc(OC2CCN(C3CC3)CC2)c2cccc(C(F)(F)F)c2n1. The van der Waals surface area contributed by atoms with Crippen LogP contribution in [0.2, 0.25) is 0 Å². The van der Waals surface area contributed by atoms with E-state index >= 15 is 0 Å². The molecule has 2 aromatic rings. The third-order valence-electron chi connectivity index (χ3n) is 4.91. The fraction of sp³-hybridized carbons (Fsp3) is 0.500. The lowest BCUT2D eigenvalue weighted by atomic mass is 10.1. The van der Waals surface area contributed by atoms with Crippen LogP contribution < -0.4 is 4.74 Å². The Hall–Kier alpha value is -1.89. The summed E-state index contributed by atoms with van der Waals surface area (Å²) in [6.45, 7) is 1.82. The maximum atomic E-state index is 13.8. The lowest BCUT2D eigenvalue weighted by Crippen LogP contribution is -2.39. The molecule has 0 bridgehead atoms. The summed E-state index contributed by atoms with van der Waals surface area (Å²) in [4.78, 5) is 5.89. The summed E-state index contributed by atoms with van der Waals surface area (Å²) in [7, 11) is 0. The van der Waals surface area contributed by atoms with E-state index in [0.717, 1.165) is 38.1 Å². The van der Waals surface area contributed by atoms with Gasteiger partial charge in [-0.3, -0.25) is 0 Å². The van der Waals surface area contributed by atoms with Gasteiger partial charge in [-0.25, -0.2) is 4.98 Å². The molecule has 0 N–H and O–H groups in total. The number of piperidine rings is 1. The molecule has 134 valence electrons. The number of para-hydroxylation sites is 1. The molecule has 0 radical (unpaired) electrons. The van der Waals surface area contributed by atoms with Crippen molar-refractivity contribution in [1.82, 2.24) is 9.88 Å². The zero-order valence-corrected chi connectivity index (χ0v) is 13.5. The van der Waals surface area contributed by atoms with Crippen LogP contribution in [0.15, 0.2) is 24.3 Å². The Morgan fingerprint density at radius 2 is 1.80 bits per heavy atom. The van der Waals surface area contributed by atoms with Crippen molar-refractivity contribution in [2.24, 2.45) is 0 Å². The Balaban J connectivity index is 1.61. The van der Waals surface area contributed by atoms with E-state index in [1.807, 2.05) is 0 Å². The van der Waals surface area contributed by atoms with E-state index in [1.54, 1.807) is 0 Å². The highest BCUT2D eigenvalue weighted by Crippen LogP contribution is 2.37. The first-order valence-electron chi connectivity index (χ1n) is 8.49. The van der Waals surface area contributed by atoms with Gasteiger partial charge in [0.2, 0.25) is 5.95 Å². The third kappa shape index (κ3) is 3.42. The molecule has 1 saturated carbocycles. The van der Waals surface area contributed by atoms with Gasteiger partial charge in [0.15, 0.2) is 0 Å². The number of likely N-dealkylation sites (tertiary alicyclic amines) is 1. The van der Waals surface area contributed by atoms with Gasteiger partial charge in [0.25, 0.3) is 0 Å². The molecule has 2 aliphatic rings. The molecule has 0 unspecified atom stereocenters. The minimum Gasteiger partial charge on any atom is -0.489 e. The number of pyridine rings is 1. The molecule has 2 fully saturated rings. The molecule has 0 atom stereocenters. The highest BCUT2D eigenvalue weighted by atomic mass is 19.4. The number of ether oxygens (including phenoxy) is 1. The van der Waals surface area contributed by atoms with E-state index in [0.29, 0.717) is 6.04 Å². The molecule has 3 nitrogen and oxygen atoms in total. The number of hydrogen-bond donors (Lipinski definition) is 0. The van der Waals surface area contributed by atoms with Crippen molar-refractivity contribution in [3.8, 4) is 5.75 Å². The Kier molecular flexibility index (Phi) is 4.06. The molecule has 0 spiro atoms. The quantitative estimate of drug-likeness (QED) is 0.604. The highest BCUT2D eigenvalue weighted by Gasteiger charge is 2.35. The molecule has 1 saturated heterocycles. The second kappa shape index (κ2) is 6.12. The molecule has 1 aliphatic heterocycles. The van der Waals surface area contributed by atoms with Crippen molar-refractivity contribution in [2.75, 3.05) is 13.1 Å². The molecule has 25 heavy (non-hydrogen) atoms. The van der Waals surface area contributed by atoms with Gasteiger partial charge < -0.3 is 9.64 Å². The molecular formula is C18H18F4N2O. The largest absolute Gasteiger partial charge is 0.489 e. The molecule has 2 heterocycles. The Morgan fingerprint density at radius 1 is 1.08 bits per heavy atom. The first-order chi connectivity index (χ1) is 11.9. The van der Waals surface area contributed by atoms with Gasteiger partial charge >= 0.3 is 6.18 Å². The van der Waals surface area contributed by atoms with Crippen molar-refractivity contribution in [2.45, 2.75) is 44.0 Å². The number of hydrogen-bond acceptors (Lipinski definition) is 3. The van der Waals surface area contributed by atoms with Gasteiger partial charge in [0, 0.05) is 30.6 Å². The topological polar surface area (TPSA) is 25.4 Å². The Bertz CT molecular complexity index is 780. The zero-order chi connectivity index (χ0) is 17.6. The fourth-order valence-corrected chi connectivity index (χ4v) is 3.49. The number of nitrogens with zero attached hydrogens (tertiary/aromatic N) is 2. The van der Waals surface area contributed by atoms with E-state index in [2.05, 4.69) is 9.88 Å². The van der Waals surface area contributed by atoms with Crippen LogP contribution in [-0.4, -0.2) is 35.1 Å². The summed E-state index contributed by atoms with van der Waals surface area (Å²) in [5, 5.41) is 0.195. The summed E-state index contributed by atoms with van der Waals surface area (Å²) in [5.74, 6) is -0.826. The molecule has 7 heteroatoms.